The molecule has 1 rings (SSSR count). The molecule has 1 aromatic rings. The average Bonchev–Trinajstić information content (AvgIpc) is 2.16. The lowest BCUT2D eigenvalue weighted by atomic mass is 10.0. The lowest BCUT2D eigenvalue weighted by Crippen LogP contribution is -2.16. The Morgan fingerprint density at radius 3 is 2.24 bits per heavy atom. The maximum absolute atomic E-state index is 13.1. The first-order valence-corrected chi connectivity index (χ1v) is 4.68. The van der Waals surface area contributed by atoms with E-state index in [0.29, 0.717) is 24.6 Å². The van der Waals surface area contributed by atoms with E-state index >= 15 is 0 Å². The molecule has 98 valence electrons. The minimum absolute atomic E-state index is 0. The Balaban J connectivity index is 0.00000256. The molecule has 0 radical (unpaired) electrons. The van der Waals surface area contributed by atoms with Gasteiger partial charge >= 0.3 is 6.18 Å². The van der Waals surface area contributed by atoms with Crippen molar-refractivity contribution >= 4 is 12.4 Å². The van der Waals surface area contributed by atoms with Gasteiger partial charge in [0.1, 0.15) is 5.82 Å². The highest BCUT2D eigenvalue weighted by Gasteiger charge is 2.34. The van der Waals surface area contributed by atoms with E-state index < -0.39 is 23.6 Å². The van der Waals surface area contributed by atoms with Crippen LogP contribution in [-0.4, -0.2) is 6.54 Å². The first-order chi connectivity index (χ1) is 7.36. The Labute approximate surface area is 102 Å². The summed E-state index contributed by atoms with van der Waals surface area (Å²) in [5.74, 6) is -1.31. The summed E-state index contributed by atoms with van der Waals surface area (Å²) in [5.41, 5.74) is 9.89. The molecule has 0 amide bonds. The van der Waals surface area contributed by atoms with Gasteiger partial charge in [0.15, 0.2) is 0 Å². The molecule has 1 aromatic carbocycles. The number of nitrogens with two attached hydrogens (primary N) is 2. The van der Waals surface area contributed by atoms with Gasteiger partial charge in [-0.15, -0.1) is 12.4 Å². The van der Waals surface area contributed by atoms with E-state index in [1.807, 2.05) is 0 Å². The summed E-state index contributed by atoms with van der Waals surface area (Å²) in [5, 5.41) is 0. The van der Waals surface area contributed by atoms with Crippen molar-refractivity contribution in [1.29, 1.82) is 0 Å². The van der Waals surface area contributed by atoms with Crippen LogP contribution >= 0.6 is 12.4 Å². The van der Waals surface area contributed by atoms with E-state index in [1.54, 1.807) is 0 Å². The van der Waals surface area contributed by atoms with Crippen LogP contribution in [-0.2, 0) is 6.18 Å². The standard InChI is InChI=1S/C10H12F4N2.ClH/c11-8-5-6(9(16)3-4-15)1-2-7(8)10(12,13)14;/h1-2,5,9H,3-4,15-16H2;1H/t9-;/m1./s1. The molecule has 0 aliphatic carbocycles. The van der Waals surface area contributed by atoms with Crippen molar-refractivity contribution < 1.29 is 17.6 Å². The van der Waals surface area contributed by atoms with E-state index in [4.69, 9.17) is 11.5 Å². The molecule has 0 aliphatic rings. The molecule has 7 heteroatoms. The molecule has 1 atom stereocenters. The number of halogens is 5. The maximum Gasteiger partial charge on any atom is 0.419 e. The summed E-state index contributed by atoms with van der Waals surface area (Å²) in [6, 6.07) is 2.14. The fourth-order valence-electron chi connectivity index (χ4n) is 1.34. The van der Waals surface area contributed by atoms with Crippen LogP contribution in [0, 0.1) is 5.82 Å². The molecule has 2 nitrogen and oxygen atoms in total. The Kier molecular flexibility index (Phi) is 5.87. The summed E-state index contributed by atoms with van der Waals surface area (Å²) in [6.45, 7) is 0.295. The average molecular weight is 273 g/mol. The molecule has 0 saturated carbocycles. The Bertz CT molecular complexity index is 368. The molecule has 17 heavy (non-hydrogen) atoms. The van der Waals surface area contributed by atoms with Crippen LogP contribution in [0.15, 0.2) is 18.2 Å². The SMILES string of the molecule is Cl.NCC[C@@H](N)c1ccc(C(F)(F)F)c(F)c1. The zero-order chi connectivity index (χ0) is 12.3. The molecule has 0 fully saturated rings. The van der Waals surface area contributed by atoms with Gasteiger partial charge in [-0.3, -0.25) is 0 Å². The highest BCUT2D eigenvalue weighted by atomic mass is 35.5. The van der Waals surface area contributed by atoms with Crippen molar-refractivity contribution in [2.75, 3.05) is 6.54 Å². The van der Waals surface area contributed by atoms with Crippen LogP contribution in [0.2, 0.25) is 0 Å². The summed E-state index contributed by atoms with van der Waals surface area (Å²) in [7, 11) is 0. The van der Waals surface area contributed by atoms with Crippen LogP contribution in [0.5, 0.6) is 0 Å². The normalized spacial score (nSPS) is 13.1. The molecular weight excluding hydrogens is 260 g/mol. The minimum Gasteiger partial charge on any atom is -0.330 e. The van der Waals surface area contributed by atoms with Crippen molar-refractivity contribution in [3.05, 3.63) is 35.1 Å². The molecular formula is C10H13ClF4N2. The zero-order valence-electron chi connectivity index (χ0n) is 8.80. The molecule has 0 heterocycles. The lowest BCUT2D eigenvalue weighted by Gasteiger charge is -2.13. The van der Waals surface area contributed by atoms with E-state index in [1.165, 1.54) is 6.07 Å². The number of hydrogen-bond donors (Lipinski definition) is 2. The van der Waals surface area contributed by atoms with Gasteiger partial charge in [-0.05, 0) is 30.7 Å². The van der Waals surface area contributed by atoms with Gasteiger partial charge in [0.2, 0.25) is 0 Å². The molecule has 4 N–H and O–H groups in total. The van der Waals surface area contributed by atoms with E-state index in [2.05, 4.69) is 0 Å². The molecule has 0 aromatic heterocycles. The van der Waals surface area contributed by atoms with Crippen LogP contribution in [0.3, 0.4) is 0 Å². The maximum atomic E-state index is 13.1. The highest BCUT2D eigenvalue weighted by Crippen LogP contribution is 2.32. The first-order valence-electron chi connectivity index (χ1n) is 4.68. The van der Waals surface area contributed by atoms with Crippen LogP contribution < -0.4 is 11.5 Å². The number of rotatable bonds is 3. The largest absolute Gasteiger partial charge is 0.419 e. The zero-order valence-corrected chi connectivity index (χ0v) is 9.61. The first kappa shape index (κ1) is 16.1. The monoisotopic (exact) mass is 272 g/mol. The van der Waals surface area contributed by atoms with Crippen LogP contribution in [0.25, 0.3) is 0 Å². The van der Waals surface area contributed by atoms with Crippen molar-refractivity contribution in [2.24, 2.45) is 11.5 Å². The molecule has 0 spiro atoms. The second-order valence-electron chi connectivity index (χ2n) is 3.42. The third-order valence-corrected chi connectivity index (χ3v) is 2.20. The van der Waals surface area contributed by atoms with E-state index in [-0.39, 0.29) is 12.4 Å². The number of hydrogen-bond acceptors (Lipinski definition) is 2. The Morgan fingerprint density at radius 2 is 1.82 bits per heavy atom. The minimum atomic E-state index is -4.68. The lowest BCUT2D eigenvalue weighted by molar-refractivity contribution is -0.140. The van der Waals surface area contributed by atoms with Gasteiger partial charge in [-0.1, -0.05) is 6.07 Å². The quantitative estimate of drug-likeness (QED) is 0.831. The second-order valence-corrected chi connectivity index (χ2v) is 3.42. The van der Waals surface area contributed by atoms with Gasteiger partial charge in [0.25, 0.3) is 0 Å². The molecule has 0 aliphatic heterocycles. The van der Waals surface area contributed by atoms with Gasteiger partial charge < -0.3 is 11.5 Å². The van der Waals surface area contributed by atoms with Gasteiger partial charge in [0.05, 0.1) is 5.56 Å². The third-order valence-electron chi connectivity index (χ3n) is 2.20. The predicted octanol–water partition coefficient (Wildman–Crippen LogP) is 2.61. The van der Waals surface area contributed by atoms with Crippen LogP contribution in [0.4, 0.5) is 17.6 Å². The Hall–Kier alpha value is -0.850. The third kappa shape index (κ3) is 4.14. The van der Waals surface area contributed by atoms with Gasteiger partial charge in [0, 0.05) is 6.04 Å². The van der Waals surface area contributed by atoms with Crippen LogP contribution in [0.1, 0.15) is 23.6 Å². The Morgan fingerprint density at radius 1 is 1.24 bits per heavy atom. The summed E-state index contributed by atoms with van der Waals surface area (Å²) >= 11 is 0. The molecule has 0 bridgehead atoms. The summed E-state index contributed by atoms with van der Waals surface area (Å²) in [6.07, 6.45) is -4.29. The van der Waals surface area contributed by atoms with Crippen molar-refractivity contribution in [3.63, 3.8) is 0 Å². The van der Waals surface area contributed by atoms with Crippen molar-refractivity contribution in [2.45, 2.75) is 18.6 Å². The number of benzene rings is 1. The number of alkyl halides is 3. The predicted molar refractivity (Wildman–Crippen MR) is 59.2 cm³/mol. The highest BCUT2D eigenvalue weighted by molar-refractivity contribution is 5.85. The molecule has 0 unspecified atom stereocenters. The van der Waals surface area contributed by atoms with Gasteiger partial charge in [-0.25, -0.2) is 4.39 Å². The second kappa shape index (κ2) is 6.18. The van der Waals surface area contributed by atoms with E-state index in [9.17, 15) is 17.6 Å². The molecule has 0 saturated heterocycles. The van der Waals surface area contributed by atoms with Crippen molar-refractivity contribution in [1.82, 2.24) is 0 Å². The fraction of sp³-hybridized carbons (Fsp3) is 0.400. The van der Waals surface area contributed by atoms with E-state index in [0.717, 1.165) is 6.07 Å². The smallest absolute Gasteiger partial charge is 0.330 e. The fourth-order valence-corrected chi connectivity index (χ4v) is 1.34. The van der Waals surface area contributed by atoms with Crippen molar-refractivity contribution in [3.8, 4) is 0 Å². The van der Waals surface area contributed by atoms with Gasteiger partial charge in [-0.2, -0.15) is 13.2 Å². The summed E-state index contributed by atoms with van der Waals surface area (Å²) < 4.78 is 49.9. The topological polar surface area (TPSA) is 52.0 Å². The summed E-state index contributed by atoms with van der Waals surface area (Å²) in [4.78, 5) is 0.